The first-order valence-corrected chi connectivity index (χ1v) is 7.75. The van der Waals surface area contributed by atoms with Gasteiger partial charge in [0.2, 0.25) is 5.82 Å². The summed E-state index contributed by atoms with van der Waals surface area (Å²) >= 11 is 0. The van der Waals surface area contributed by atoms with Gasteiger partial charge in [-0.25, -0.2) is 9.97 Å². The van der Waals surface area contributed by atoms with Crippen LogP contribution in [0.3, 0.4) is 0 Å². The fourth-order valence-corrected chi connectivity index (χ4v) is 2.43. The molecule has 0 saturated heterocycles. The fourth-order valence-electron chi connectivity index (χ4n) is 2.43. The van der Waals surface area contributed by atoms with Crippen molar-refractivity contribution in [3.63, 3.8) is 0 Å². The number of alkyl halides is 3. The molecule has 11 heteroatoms. The van der Waals surface area contributed by atoms with Gasteiger partial charge in [0.15, 0.2) is 5.76 Å². The summed E-state index contributed by atoms with van der Waals surface area (Å²) in [4.78, 5) is 11.8. The number of hydrogen-bond donors (Lipinski definition) is 1. The van der Waals surface area contributed by atoms with Crippen LogP contribution >= 0.6 is 0 Å². The second-order valence-corrected chi connectivity index (χ2v) is 5.45. The highest BCUT2D eigenvalue weighted by Gasteiger charge is 2.32. The van der Waals surface area contributed by atoms with E-state index in [4.69, 9.17) is 14.7 Å². The van der Waals surface area contributed by atoms with E-state index in [1.807, 2.05) is 0 Å². The first-order valence-electron chi connectivity index (χ1n) is 7.75. The van der Waals surface area contributed by atoms with Crippen molar-refractivity contribution in [1.82, 2.24) is 20.1 Å². The molecule has 0 radical (unpaired) electrons. The molecular formula is C17H10F3N5O3. The number of hydrogen-bond acceptors (Lipinski definition) is 8. The van der Waals surface area contributed by atoms with Crippen LogP contribution in [-0.4, -0.2) is 26.5 Å². The summed E-state index contributed by atoms with van der Waals surface area (Å²) in [6.07, 6.45) is -2.13. The van der Waals surface area contributed by atoms with Crippen molar-refractivity contribution in [2.24, 2.45) is 0 Å². The molecule has 0 aliphatic rings. The quantitative estimate of drug-likeness (QED) is 0.558. The van der Waals surface area contributed by atoms with Gasteiger partial charge in [0.05, 0.1) is 11.1 Å². The highest BCUT2D eigenvalue weighted by atomic mass is 19.4. The van der Waals surface area contributed by atoms with Crippen molar-refractivity contribution in [3.8, 4) is 40.1 Å². The maximum atomic E-state index is 12.6. The van der Waals surface area contributed by atoms with Crippen molar-refractivity contribution in [3.05, 3.63) is 48.9 Å². The molecule has 4 rings (SSSR count). The summed E-state index contributed by atoms with van der Waals surface area (Å²) < 4.78 is 52.6. The minimum atomic E-state index is -4.83. The lowest BCUT2D eigenvalue weighted by atomic mass is 10.1. The van der Waals surface area contributed by atoms with Gasteiger partial charge in [0.25, 0.3) is 5.89 Å². The molecule has 2 N–H and O–H groups in total. The number of anilines is 1. The Hall–Kier alpha value is -3.89. The Morgan fingerprint density at radius 3 is 2.57 bits per heavy atom. The Kier molecular flexibility index (Phi) is 4.18. The van der Waals surface area contributed by atoms with Gasteiger partial charge in [-0.2, -0.15) is 4.98 Å². The van der Waals surface area contributed by atoms with E-state index in [0.29, 0.717) is 5.56 Å². The van der Waals surface area contributed by atoms with Crippen molar-refractivity contribution < 1.29 is 26.8 Å². The van der Waals surface area contributed by atoms with E-state index in [9.17, 15) is 13.2 Å². The van der Waals surface area contributed by atoms with Crippen molar-refractivity contribution >= 4 is 5.82 Å². The number of aromatic nitrogens is 4. The molecule has 0 fully saturated rings. The summed E-state index contributed by atoms with van der Waals surface area (Å²) in [5, 5.41) is 3.79. The Balaban J connectivity index is 1.66. The number of ether oxygens (including phenoxy) is 1. The Morgan fingerprint density at radius 2 is 1.79 bits per heavy atom. The van der Waals surface area contributed by atoms with Crippen LogP contribution in [0.5, 0.6) is 5.75 Å². The summed E-state index contributed by atoms with van der Waals surface area (Å²) in [5.74, 6) is 0.228. The van der Waals surface area contributed by atoms with Crippen LogP contribution in [0.25, 0.3) is 34.4 Å². The number of nitrogens with zero attached hydrogens (tertiary/aromatic N) is 4. The van der Waals surface area contributed by atoms with Gasteiger partial charge in [-0.3, -0.25) is 0 Å². The largest absolute Gasteiger partial charge is 0.573 e. The second-order valence-electron chi connectivity index (χ2n) is 5.45. The molecule has 3 aromatic heterocycles. The van der Waals surface area contributed by atoms with Gasteiger partial charge in [-0.1, -0.05) is 17.3 Å². The van der Waals surface area contributed by atoms with Crippen molar-refractivity contribution in [2.45, 2.75) is 6.36 Å². The molecule has 28 heavy (non-hydrogen) atoms. The Labute approximate surface area is 154 Å². The standard InChI is InChI=1S/C17H10F3N5O3/c18-17(19,20)27-12-4-2-1-3-9(12)11-5-6-13(26-11)16-24-15(25-28-16)10-7-22-8-23-14(10)21/h1-8H,(H2,21,22,23). The fraction of sp³-hybridized carbons (Fsp3) is 0.0588. The van der Waals surface area contributed by atoms with Crippen LogP contribution in [-0.2, 0) is 0 Å². The number of halogens is 3. The zero-order chi connectivity index (χ0) is 19.7. The maximum absolute atomic E-state index is 12.6. The normalized spacial score (nSPS) is 11.5. The summed E-state index contributed by atoms with van der Waals surface area (Å²) in [7, 11) is 0. The van der Waals surface area contributed by atoms with E-state index in [0.717, 1.165) is 0 Å². The zero-order valence-electron chi connectivity index (χ0n) is 13.8. The average molecular weight is 389 g/mol. The van der Waals surface area contributed by atoms with Gasteiger partial charge in [-0.15, -0.1) is 13.2 Å². The minimum Gasteiger partial charge on any atom is -0.451 e. The molecular weight excluding hydrogens is 379 g/mol. The lowest BCUT2D eigenvalue weighted by molar-refractivity contribution is -0.274. The summed E-state index contributed by atoms with van der Waals surface area (Å²) in [6.45, 7) is 0. The molecule has 0 spiro atoms. The van der Waals surface area contributed by atoms with Crippen LogP contribution in [0.4, 0.5) is 19.0 Å². The minimum absolute atomic E-state index is 0.0127. The molecule has 0 aliphatic heterocycles. The van der Waals surface area contributed by atoms with E-state index >= 15 is 0 Å². The molecule has 0 amide bonds. The van der Waals surface area contributed by atoms with E-state index in [1.165, 1.54) is 42.9 Å². The van der Waals surface area contributed by atoms with Gasteiger partial charge < -0.3 is 19.4 Å². The third kappa shape index (κ3) is 3.49. The van der Waals surface area contributed by atoms with Crippen LogP contribution < -0.4 is 10.5 Å². The first kappa shape index (κ1) is 17.5. The van der Waals surface area contributed by atoms with E-state index < -0.39 is 12.1 Å². The average Bonchev–Trinajstić information content (AvgIpc) is 3.31. The highest BCUT2D eigenvalue weighted by molar-refractivity contribution is 5.69. The highest BCUT2D eigenvalue weighted by Crippen LogP contribution is 2.36. The summed E-state index contributed by atoms with van der Waals surface area (Å²) in [5.41, 5.74) is 6.23. The van der Waals surface area contributed by atoms with Crippen molar-refractivity contribution in [2.75, 3.05) is 5.73 Å². The number of nitrogens with two attached hydrogens (primary N) is 1. The predicted octanol–water partition coefficient (Wildman–Crippen LogP) is 3.93. The number of rotatable bonds is 4. The molecule has 1 aromatic carbocycles. The molecule has 0 aliphatic carbocycles. The third-order valence-electron chi connectivity index (χ3n) is 3.60. The second kappa shape index (κ2) is 6.68. The van der Waals surface area contributed by atoms with Crippen LogP contribution in [0.1, 0.15) is 0 Å². The first-order chi connectivity index (χ1) is 13.4. The Bertz CT molecular complexity index is 1120. The smallest absolute Gasteiger partial charge is 0.451 e. The van der Waals surface area contributed by atoms with Gasteiger partial charge in [-0.05, 0) is 24.3 Å². The van der Waals surface area contributed by atoms with Gasteiger partial charge in [0.1, 0.15) is 23.7 Å². The Morgan fingerprint density at radius 1 is 1.00 bits per heavy atom. The molecule has 4 aromatic rings. The van der Waals surface area contributed by atoms with Crippen molar-refractivity contribution in [1.29, 1.82) is 0 Å². The zero-order valence-corrected chi connectivity index (χ0v) is 13.8. The molecule has 8 nitrogen and oxygen atoms in total. The number of nitrogen functional groups attached to an aromatic ring is 1. The van der Waals surface area contributed by atoms with Crippen LogP contribution in [0.2, 0.25) is 0 Å². The molecule has 0 bridgehead atoms. The molecule has 0 unspecified atom stereocenters. The summed E-state index contributed by atoms with van der Waals surface area (Å²) in [6, 6.07) is 8.56. The molecule has 142 valence electrons. The lowest BCUT2D eigenvalue weighted by Crippen LogP contribution is -2.17. The predicted molar refractivity (Wildman–Crippen MR) is 89.6 cm³/mol. The molecule has 0 saturated carbocycles. The maximum Gasteiger partial charge on any atom is 0.573 e. The lowest BCUT2D eigenvalue weighted by Gasteiger charge is -2.11. The van der Waals surface area contributed by atoms with E-state index in [-0.39, 0.29) is 34.6 Å². The van der Waals surface area contributed by atoms with E-state index in [2.05, 4.69) is 24.8 Å². The topological polar surface area (TPSA) is 113 Å². The SMILES string of the molecule is Nc1ncncc1-c1noc(-c2ccc(-c3ccccc3OC(F)(F)F)o2)n1. The third-order valence-corrected chi connectivity index (χ3v) is 3.60. The molecule has 0 atom stereocenters. The van der Waals surface area contributed by atoms with Gasteiger partial charge in [0, 0.05) is 6.20 Å². The van der Waals surface area contributed by atoms with Gasteiger partial charge >= 0.3 is 6.36 Å². The van der Waals surface area contributed by atoms with E-state index in [1.54, 1.807) is 6.07 Å². The van der Waals surface area contributed by atoms with Crippen LogP contribution in [0, 0.1) is 0 Å². The van der Waals surface area contributed by atoms with Crippen LogP contribution in [0.15, 0.2) is 57.9 Å². The number of benzene rings is 1. The monoisotopic (exact) mass is 389 g/mol. The molecule has 3 heterocycles. The number of para-hydroxylation sites is 1. The number of furan rings is 1.